The third-order valence-corrected chi connectivity index (χ3v) is 1.24. The molecule has 0 saturated carbocycles. The maximum Gasteiger partial charge on any atom is -0.00425 e. The molecule has 0 radical (unpaired) electrons. The van der Waals surface area contributed by atoms with Gasteiger partial charge in [0, 0.05) is 0 Å². The van der Waals surface area contributed by atoms with Gasteiger partial charge < -0.3 is 5.73 Å². The van der Waals surface area contributed by atoms with Crippen molar-refractivity contribution >= 4 is 0 Å². The molecule has 0 aliphatic rings. The van der Waals surface area contributed by atoms with Crippen molar-refractivity contribution in [2.24, 2.45) is 5.73 Å². The van der Waals surface area contributed by atoms with Crippen LogP contribution in [-0.2, 0) is 0 Å². The van der Waals surface area contributed by atoms with Gasteiger partial charge in [-0.05, 0) is 33.2 Å². The fourth-order valence-electron chi connectivity index (χ4n) is 0.878. The molecule has 0 fully saturated rings. The van der Waals surface area contributed by atoms with Gasteiger partial charge in [-0.2, -0.15) is 0 Å². The fraction of sp³-hybridized carbons (Fsp3) is 0.556. The van der Waals surface area contributed by atoms with Gasteiger partial charge in [-0.15, -0.1) is 0 Å². The predicted octanol–water partition coefficient (Wildman–Crippen LogP) is 2.25. The number of hydrogen-bond donors (Lipinski definition) is 1. The Labute approximate surface area is 63.6 Å². The van der Waals surface area contributed by atoms with Crippen LogP contribution in [0.25, 0.3) is 0 Å². The zero-order valence-electron chi connectivity index (χ0n) is 6.98. The number of allylic oxidation sites excluding steroid dienone is 2. The standard InChI is InChI=1S/C9H17N/c1-8(2)7-9(3)5-4-6-10/h5H,1,4,6-7,10H2,2-3H3. The normalized spacial score (nSPS) is 11.7. The van der Waals surface area contributed by atoms with Crippen molar-refractivity contribution in [1.82, 2.24) is 0 Å². The number of rotatable bonds is 4. The van der Waals surface area contributed by atoms with Crippen LogP contribution in [0.1, 0.15) is 26.7 Å². The van der Waals surface area contributed by atoms with E-state index in [1.807, 2.05) is 6.92 Å². The molecule has 10 heavy (non-hydrogen) atoms. The summed E-state index contributed by atoms with van der Waals surface area (Å²) in [4.78, 5) is 0. The van der Waals surface area contributed by atoms with E-state index in [-0.39, 0.29) is 0 Å². The molecule has 0 spiro atoms. The van der Waals surface area contributed by atoms with Crippen LogP contribution in [0.5, 0.6) is 0 Å². The van der Waals surface area contributed by atoms with Crippen LogP contribution >= 0.6 is 0 Å². The van der Waals surface area contributed by atoms with Gasteiger partial charge in [0.25, 0.3) is 0 Å². The molecule has 0 aromatic heterocycles. The van der Waals surface area contributed by atoms with Crippen LogP contribution in [0.15, 0.2) is 23.8 Å². The summed E-state index contributed by atoms with van der Waals surface area (Å²) in [5.74, 6) is 0. The first-order valence-electron chi connectivity index (χ1n) is 3.67. The number of nitrogens with two attached hydrogens (primary N) is 1. The van der Waals surface area contributed by atoms with E-state index >= 15 is 0 Å². The van der Waals surface area contributed by atoms with Gasteiger partial charge in [0.2, 0.25) is 0 Å². The van der Waals surface area contributed by atoms with Crippen LogP contribution in [0.3, 0.4) is 0 Å². The Balaban J connectivity index is 3.59. The Bertz CT molecular complexity index is 134. The minimum atomic E-state index is 0.744. The summed E-state index contributed by atoms with van der Waals surface area (Å²) < 4.78 is 0. The summed E-state index contributed by atoms with van der Waals surface area (Å²) in [6.07, 6.45) is 4.17. The van der Waals surface area contributed by atoms with Gasteiger partial charge in [-0.3, -0.25) is 0 Å². The van der Waals surface area contributed by atoms with E-state index < -0.39 is 0 Å². The van der Waals surface area contributed by atoms with Crippen LogP contribution < -0.4 is 5.73 Å². The van der Waals surface area contributed by atoms with E-state index in [1.54, 1.807) is 0 Å². The maximum atomic E-state index is 5.34. The maximum absolute atomic E-state index is 5.34. The topological polar surface area (TPSA) is 26.0 Å². The van der Waals surface area contributed by atoms with Gasteiger partial charge >= 0.3 is 0 Å². The zero-order valence-corrected chi connectivity index (χ0v) is 6.98. The molecule has 0 amide bonds. The molecule has 1 heteroatoms. The summed E-state index contributed by atoms with van der Waals surface area (Å²) in [6, 6.07) is 0. The molecule has 0 rings (SSSR count). The minimum Gasteiger partial charge on any atom is -0.330 e. The van der Waals surface area contributed by atoms with Crippen molar-refractivity contribution in [3.05, 3.63) is 23.8 Å². The monoisotopic (exact) mass is 139 g/mol. The molecule has 0 heterocycles. The molecule has 0 aromatic carbocycles. The van der Waals surface area contributed by atoms with Crippen molar-refractivity contribution in [2.45, 2.75) is 26.7 Å². The van der Waals surface area contributed by atoms with E-state index in [1.165, 1.54) is 11.1 Å². The molecular weight excluding hydrogens is 122 g/mol. The number of hydrogen-bond acceptors (Lipinski definition) is 1. The summed E-state index contributed by atoms with van der Waals surface area (Å²) in [6.45, 7) is 8.73. The first-order chi connectivity index (χ1) is 4.66. The van der Waals surface area contributed by atoms with E-state index in [9.17, 15) is 0 Å². The third kappa shape index (κ3) is 5.57. The second-order valence-electron chi connectivity index (χ2n) is 2.76. The predicted molar refractivity (Wildman–Crippen MR) is 46.9 cm³/mol. The summed E-state index contributed by atoms with van der Waals surface area (Å²) in [7, 11) is 0. The lowest BCUT2D eigenvalue weighted by atomic mass is 10.1. The summed E-state index contributed by atoms with van der Waals surface area (Å²) in [5, 5.41) is 0. The Kier molecular flexibility index (Phi) is 4.95. The SMILES string of the molecule is C=C(C)CC(C)=CCCN. The first kappa shape index (κ1) is 9.44. The zero-order chi connectivity index (χ0) is 7.98. The van der Waals surface area contributed by atoms with Crippen molar-refractivity contribution in [2.75, 3.05) is 6.54 Å². The van der Waals surface area contributed by atoms with Crippen LogP contribution in [-0.4, -0.2) is 6.54 Å². The molecule has 0 atom stereocenters. The quantitative estimate of drug-likeness (QED) is 0.594. The average molecular weight is 139 g/mol. The fourth-order valence-corrected chi connectivity index (χ4v) is 0.878. The molecule has 0 unspecified atom stereocenters. The molecular formula is C9H17N. The summed E-state index contributed by atoms with van der Waals surface area (Å²) >= 11 is 0. The van der Waals surface area contributed by atoms with Crippen molar-refractivity contribution in [1.29, 1.82) is 0 Å². The van der Waals surface area contributed by atoms with Crippen molar-refractivity contribution < 1.29 is 0 Å². The lowest BCUT2D eigenvalue weighted by Gasteiger charge is -1.98. The highest BCUT2D eigenvalue weighted by molar-refractivity contribution is 5.08. The van der Waals surface area contributed by atoms with Gasteiger partial charge in [0.05, 0.1) is 0 Å². The summed E-state index contributed by atoms with van der Waals surface area (Å²) in [5.41, 5.74) is 7.93. The third-order valence-electron chi connectivity index (χ3n) is 1.24. The van der Waals surface area contributed by atoms with Gasteiger partial charge in [0.15, 0.2) is 0 Å². The molecule has 58 valence electrons. The molecule has 0 aliphatic heterocycles. The largest absolute Gasteiger partial charge is 0.330 e. The highest BCUT2D eigenvalue weighted by Crippen LogP contribution is 2.07. The van der Waals surface area contributed by atoms with Crippen molar-refractivity contribution in [3.63, 3.8) is 0 Å². The van der Waals surface area contributed by atoms with E-state index in [0.29, 0.717) is 0 Å². The highest BCUT2D eigenvalue weighted by Gasteiger charge is 1.88. The molecule has 0 bridgehead atoms. The minimum absolute atomic E-state index is 0.744. The first-order valence-corrected chi connectivity index (χ1v) is 3.67. The van der Waals surface area contributed by atoms with E-state index in [4.69, 9.17) is 5.73 Å². The Morgan fingerprint density at radius 3 is 2.50 bits per heavy atom. The second kappa shape index (κ2) is 5.24. The Morgan fingerprint density at radius 1 is 1.50 bits per heavy atom. The van der Waals surface area contributed by atoms with Crippen molar-refractivity contribution in [3.8, 4) is 0 Å². The lowest BCUT2D eigenvalue weighted by molar-refractivity contribution is 0.978. The Hall–Kier alpha value is -0.560. The van der Waals surface area contributed by atoms with E-state index in [2.05, 4.69) is 19.6 Å². The molecule has 1 nitrogen and oxygen atoms in total. The molecule has 2 N–H and O–H groups in total. The molecule has 0 saturated heterocycles. The lowest BCUT2D eigenvalue weighted by Crippen LogP contribution is -1.96. The van der Waals surface area contributed by atoms with Crippen LogP contribution in [0.2, 0.25) is 0 Å². The molecule has 0 aromatic rings. The molecule has 0 aliphatic carbocycles. The van der Waals surface area contributed by atoms with Gasteiger partial charge in [-0.25, -0.2) is 0 Å². The Morgan fingerprint density at radius 2 is 2.10 bits per heavy atom. The van der Waals surface area contributed by atoms with Crippen LogP contribution in [0, 0.1) is 0 Å². The van der Waals surface area contributed by atoms with E-state index in [0.717, 1.165) is 19.4 Å². The van der Waals surface area contributed by atoms with Crippen LogP contribution in [0.4, 0.5) is 0 Å². The highest BCUT2D eigenvalue weighted by atomic mass is 14.5. The average Bonchev–Trinajstić information content (AvgIpc) is 1.82. The van der Waals surface area contributed by atoms with Gasteiger partial charge in [-0.1, -0.05) is 23.8 Å². The van der Waals surface area contributed by atoms with Gasteiger partial charge in [0.1, 0.15) is 0 Å². The smallest absolute Gasteiger partial charge is 0.00425 e. The second-order valence-corrected chi connectivity index (χ2v) is 2.76.